The summed E-state index contributed by atoms with van der Waals surface area (Å²) >= 11 is 0. The third kappa shape index (κ3) is 5.80. The minimum atomic E-state index is -0.440. The molecule has 0 fully saturated rings. The van der Waals surface area contributed by atoms with Crippen LogP contribution in [-0.4, -0.2) is 31.2 Å². The van der Waals surface area contributed by atoms with Crippen LogP contribution < -0.4 is 15.5 Å². The highest BCUT2D eigenvalue weighted by atomic mass is 16.5. The van der Waals surface area contributed by atoms with Crippen molar-refractivity contribution in [1.29, 1.82) is 0 Å². The van der Waals surface area contributed by atoms with Crippen LogP contribution in [0.5, 0.6) is 5.75 Å². The highest BCUT2D eigenvalue weighted by Crippen LogP contribution is 2.15. The summed E-state index contributed by atoms with van der Waals surface area (Å²) in [6, 6.07) is 14.3. The molecule has 6 heteroatoms. The number of hydrogen-bond donors (Lipinski definition) is 2. The molecule has 0 heterocycles. The minimum Gasteiger partial charge on any atom is -0.480 e. The molecule has 0 bridgehead atoms. The summed E-state index contributed by atoms with van der Waals surface area (Å²) in [5.41, 5.74) is 4.50. The summed E-state index contributed by atoms with van der Waals surface area (Å²) in [5.74, 6) is 2.19. The Hall–Kier alpha value is -3.59. The standard InChI is InChI=1S/C20H19N3O3/c1-3-11-26-18-10-5-4-8-17(18)13-22-23-19(24)14-21-20(25)16-9-6-7-15(2)12-16/h1,4-10,12-13H,11,14H2,2H3,(H,21,25)(H,23,24)/b22-13+. The molecule has 0 saturated carbocycles. The van der Waals surface area contributed by atoms with Crippen molar-refractivity contribution < 1.29 is 14.3 Å². The number of nitrogens with zero attached hydrogens (tertiary/aromatic N) is 1. The zero-order chi connectivity index (χ0) is 18.8. The van der Waals surface area contributed by atoms with Gasteiger partial charge in [-0.1, -0.05) is 35.7 Å². The maximum Gasteiger partial charge on any atom is 0.259 e. The third-order valence-corrected chi connectivity index (χ3v) is 3.31. The molecule has 132 valence electrons. The summed E-state index contributed by atoms with van der Waals surface area (Å²) in [4.78, 5) is 23.8. The van der Waals surface area contributed by atoms with Gasteiger partial charge in [-0.25, -0.2) is 5.43 Å². The molecule has 0 atom stereocenters. The van der Waals surface area contributed by atoms with Crippen molar-refractivity contribution in [2.75, 3.05) is 13.2 Å². The Bertz CT molecular complexity index is 853. The lowest BCUT2D eigenvalue weighted by Crippen LogP contribution is -2.34. The monoisotopic (exact) mass is 349 g/mol. The van der Waals surface area contributed by atoms with Gasteiger partial charge in [-0.15, -0.1) is 6.42 Å². The number of carbonyl (C=O) groups excluding carboxylic acids is 2. The number of hydrazone groups is 1. The van der Waals surface area contributed by atoms with Crippen molar-refractivity contribution >= 4 is 18.0 Å². The van der Waals surface area contributed by atoms with Crippen molar-refractivity contribution in [2.24, 2.45) is 5.10 Å². The van der Waals surface area contributed by atoms with Crippen molar-refractivity contribution in [3.05, 3.63) is 65.2 Å². The first-order chi connectivity index (χ1) is 12.6. The molecule has 0 aliphatic carbocycles. The quantitative estimate of drug-likeness (QED) is 0.455. The number of ether oxygens (including phenoxy) is 1. The number of aryl methyl sites for hydroxylation is 1. The van der Waals surface area contributed by atoms with Gasteiger partial charge in [-0.05, 0) is 31.2 Å². The number of nitrogens with one attached hydrogen (secondary N) is 2. The van der Waals surface area contributed by atoms with E-state index in [1.54, 1.807) is 30.3 Å². The Morgan fingerprint density at radius 3 is 2.81 bits per heavy atom. The van der Waals surface area contributed by atoms with E-state index in [2.05, 4.69) is 21.8 Å². The van der Waals surface area contributed by atoms with E-state index in [4.69, 9.17) is 11.2 Å². The molecule has 6 nitrogen and oxygen atoms in total. The van der Waals surface area contributed by atoms with Gasteiger partial charge in [-0.3, -0.25) is 9.59 Å². The number of carbonyl (C=O) groups is 2. The molecule has 0 radical (unpaired) electrons. The highest BCUT2D eigenvalue weighted by Gasteiger charge is 2.07. The SMILES string of the molecule is C#CCOc1ccccc1/C=N/NC(=O)CNC(=O)c1cccc(C)c1. The molecule has 0 spiro atoms. The van der Waals surface area contributed by atoms with E-state index in [1.807, 2.05) is 25.1 Å². The second-order valence-corrected chi connectivity index (χ2v) is 5.38. The summed E-state index contributed by atoms with van der Waals surface area (Å²) in [5, 5.41) is 6.41. The van der Waals surface area contributed by atoms with Crippen LogP contribution in [0.15, 0.2) is 53.6 Å². The van der Waals surface area contributed by atoms with E-state index < -0.39 is 5.91 Å². The van der Waals surface area contributed by atoms with Gasteiger partial charge >= 0.3 is 0 Å². The van der Waals surface area contributed by atoms with E-state index in [9.17, 15) is 9.59 Å². The molecule has 0 unspecified atom stereocenters. The van der Waals surface area contributed by atoms with Crippen LogP contribution in [0.2, 0.25) is 0 Å². The van der Waals surface area contributed by atoms with Gasteiger partial charge in [0.15, 0.2) is 0 Å². The summed E-state index contributed by atoms with van der Waals surface area (Å²) in [6.07, 6.45) is 6.62. The fraction of sp³-hybridized carbons (Fsp3) is 0.150. The van der Waals surface area contributed by atoms with Crippen molar-refractivity contribution in [3.63, 3.8) is 0 Å². The summed E-state index contributed by atoms with van der Waals surface area (Å²) in [7, 11) is 0. The van der Waals surface area contributed by atoms with Crippen LogP contribution in [0.25, 0.3) is 0 Å². The molecule has 2 aromatic rings. The molecule has 2 N–H and O–H groups in total. The first-order valence-electron chi connectivity index (χ1n) is 7.92. The van der Waals surface area contributed by atoms with Crippen LogP contribution in [0.4, 0.5) is 0 Å². The zero-order valence-electron chi connectivity index (χ0n) is 14.4. The van der Waals surface area contributed by atoms with Crippen LogP contribution in [0, 0.1) is 19.3 Å². The van der Waals surface area contributed by atoms with E-state index in [-0.39, 0.29) is 19.1 Å². The maximum atomic E-state index is 12.0. The first-order valence-corrected chi connectivity index (χ1v) is 7.92. The van der Waals surface area contributed by atoms with Gasteiger partial charge in [-0.2, -0.15) is 5.10 Å². The van der Waals surface area contributed by atoms with Crippen LogP contribution in [0.3, 0.4) is 0 Å². The van der Waals surface area contributed by atoms with Gasteiger partial charge in [0.1, 0.15) is 12.4 Å². The molecule has 26 heavy (non-hydrogen) atoms. The Balaban J connectivity index is 1.84. The normalized spacial score (nSPS) is 10.2. The molecule has 0 aromatic heterocycles. The van der Waals surface area contributed by atoms with Crippen molar-refractivity contribution in [1.82, 2.24) is 10.7 Å². The highest BCUT2D eigenvalue weighted by molar-refractivity contribution is 5.96. The van der Waals surface area contributed by atoms with E-state index in [0.717, 1.165) is 5.56 Å². The lowest BCUT2D eigenvalue weighted by molar-refractivity contribution is -0.120. The average molecular weight is 349 g/mol. The fourth-order valence-corrected chi connectivity index (χ4v) is 2.10. The summed E-state index contributed by atoms with van der Waals surface area (Å²) in [6.45, 7) is 1.85. The number of para-hydroxylation sites is 1. The van der Waals surface area contributed by atoms with Gasteiger partial charge in [0.05, 0.1) is 12.8 Å². The molecule has 0 aliphatic rings. The second-order valence-electron chi connectivity index (χ2n) is 5.38. The Kier molecular flexibility index (Phi) is 6.95. The van der Waals surface area contributed by atoms with Crippen molar-refractivity contribution in [3.8, 4) is 18.1 Å². The number of terminal acetylenes is 1. The van der Waals surface area contributed by atoms with Crippen LogP contribution >= 0.6 is 0 Å². The minimum absolute atomic E-state index is 0.141. The largest absolute Gasteiger partial charge is 0.480 e. The first kappa shape index (κ1) is 18.7. The predicted octanol–water partition coefficient (Wildman–Crippen LogP) is 1.89. The second kappa shape index (κ2) is 9.64. The predicted molar refractivity (Wildman–Crippen MR) is 100 cm³/mol. The van der Waals surface area contributed by atoms with Crippen LogP contribution in [0.1, 0.15) is 21.5 Å². The molecular weight excluding hydrogens is 330 g/mol. The fourth-order valence-electron chi connectivity index (χ4n) is 2.10. The molecular formula is C20H19N3O3. The molecule has 2 rings (SSSR count). The number of amides is 2. The molecule has 0 aliphatic heterocycles. The lowest BCUT2D eigenvalue weighted by Gasteiger charge is -2.06. The average Bonchev–Trinajstić information content (AvgIpc) is 2.65. The zero-order valence-corrected chi connectivity index (χ0v) is 14.4. The van der Waals surface area contributed by atoms with E-state index in [1.165, 1.54) is 6.21 Å². The molecule has 0 saturated heterocycles. The Morgan fingerprint density at radius 2 is 2.04 bits per heavy atom. The van der Waals surface area contributed by atoms with Crippen molar-refractivity contribution in [2.45, 2.75) is 6.92 Å². The number of benzene rings is 2. The van der Waals surface area contributed by atoms with E-state index >= 15 is 0 Å². The van der Waals surface area contributed by atoms with Gasteiger partial charge in [0.2, 0.25) is 0 Å². The topological polar surface area (TPSA) is 79.8 Å². The van der Waals surface area contributed by atoms with Gasteiger partial charge in [0.25, 0.3) is 11.8 Å². The Labute approximate surface area is 152 Å². The maximum absolute atomic E-state index is 12.0. The third-order valence-electron chi connectivity index (χ3n) is 3.31. The number of rotatable bonds is 7. The van der Waals surface area contributed by atoms with Crippen LogP contribution in [-0.2, 0) is 4.79 Å². The number of hydrogen-bond acceptors (Lipinski definition) is 4. The van der Waals surface area contributed by atoms with Gasteiger partial charge in [0, 0.05) is 11.1 Å². The Morgan fingerprint density at radius 1 is 1.23 bits per heavy atom. The smallest absolute Gasteiger partial charge is 0.259 e. The lowest BCUT2D eigenvalue weighted by atomic mass is 10.1. The molecule has 2 amide bonds. The molecule has 2 aromatic carbocycles. The van der Waals surface area contributed by atoms with E-state index in [0.29, 0.717) is 16.9 Å². The summed E-state index contributed by atoms with van der Waals surface area (Å²) < 4.78 is 5.38. The van der Waals surface area contributed by atoms with Gasteiger partial charge < -0.3 is 10.1 Å².